The SMILES string of the molecule is CCC(CC)(C(=O)O)n1nnnc1C. The van der Waals surface area contributed by atoms with E-state index in [4.69, 9.17) is 0 Å². The molecule has 1 aromatic heterocycles. The molecule has 1 N–H and O–H groups in total. The van der Waals surface area contributed by atoms with Crippen molar-refractivity contribution in [2.45, 2.75) is 39.2 Å². The van der Waals surface area contributed by atoms with Gasteiger partial charge in [-0.1, -0.05) is 13.8 Å². The van der Waals surface area contributed by atoms with E-state index < -0.39 is 11.5 Å². The molecule has 0 saturated heterocycles. The number of carboxylic acid groups (broad SMARTS) is 1. The highest BCUT2D eigenvalue weighted by molar-refractivity contribution is 5.76. The van der Waals surface area contributed by atoms with E-state index in [-0.39, 0.29) is 0 Å². The first kappa shape index (κ1) is 10.6. The molecule has 0 spiro atoms. The van der Waals surface area contributed by atoms with Crippen LogP contribution in [0.5, 0.6) is 0 Å². The van der Waals surface area contributed by atoms with Gasteiger partial charge in [-0.2, -0.15) is 0 Å². The summed E-state index contributed by atoms with van der Waals surface area (Å²) in [5, 5.41) is 20.1. The Morgan fingerprint density at radius 2 is 2.07 bits per heavy atom. The number of aliphatic carboxylic acids is 1. The molecule has 0 aliphatic rings. The van der Waals surface area contributed by atoms with Gasteiger partial charge in [-0.15, -0.1) is 5.10 Å². The fourth-order valence-electron chi connectivity index (χ4n) is 1.57. The van der Waals surface area contributed by atoms with Crippen LogP contribution in [0, 0.1) is 6.92 Å². The third kappa shape index (κ3) is 1.36. The summed E-state index contributed by atoms with van der Waals surface area (Å²) in [5.41, 5.74) is -1.01. The summed E-state index contributed by atoms with van der Waals surface area (Å²) in [4.78, 5) is 11.2. The Hall–Kier alpha value is -1.46. The number of tetrazole rings is 1. The van der Waals surface area contributed by atoms with E-state index in [0.29, 0.717) is 18.7 Å². The lowest BCUT2D eigenvalue weighted by Gasteiger charge is -2.26. The summed E-state index contributed by atoms with van der Waals surface area (Å²) >= 11 is 0. The molecule has 0 fully saturated rings. The molecule has 0 amide bonds. The molecule has 14 heavy (non-hydrogen) atoms. The van der Waals surface area contributed by atoms with E-state index in [9.17, 15) is 9.90 Å². The summed E-state index contributed by atoms with van der Waals surface area (Å²) in [6.45, 7) is 5.33. The topological polar surface area (TPSA) is 80.9 Å². The molecule has 0 atom stereocenters. The van der Waals surface area contributed by atoms with Crippen molar-refractivity contribution in [3.63, 3.8) is 0 Å². The Morgan fingerprint density at radius 1 is 1.50 bits per heavy atom. The van der Waals surface area contributed by atoms with Gasteiger partial charge in [0, 0.05) is 0 Å². The second kappa shape index (κ2) is 3.73. The molecule has 0 unspecified atom stereocenters. The largest absolute Gasteiger partial charge is 0.479 e. The maximum absolute atomic E-state index is 11.2. The molecule has 0 radical (unpaired) electrons. The van der Waals surface area contributed by atoms with Gasteiger partial charge in [-0.25, -0.2) is 9.48 Å². The molecule has 0 aliphatic heterocycles. The van der Waals surface area contributed by atoms with Crippen LogP contribution in [0.25, 0.3) is 0 Å². The zero-order chi connectivity index (χ0) is 10.8. The summed E-state index contributed by atoms with van der Waals surface area (Å²) in [7, 11) is 0. The van der Waals surface area contributed by atoms with Gasteiger partial charge in [0.05, 0.1) is 0 Å². The average molecular weight is 198 g/mol. The minimum atomic E-state index is -1.01. The van der Waals surface area contributed by atoms with Crippen LogP contribution in [0.15, 0.2) is 0 Å². The minimum Gasteiger partial charge on any atom is -0.479 e. The van der Waals surface area contributed by atoms with Crippen molar-refractivity contribution >= 4 is 5.97 Å². The number of hydrogen-bond acceptors (Lipinski definition) is 4. The van der Waals surface area contributed by atoms with Gasteiger partial charge < -0.3 is 5.11 Å². The molecule has 6 heteroatoms. The van der Waals surface area contributed by atoms with Crippen LogP contribution >= 0.6 is 0 Å². The van der Waals surface area contributed by atoms with Gasteiger partial charge in [0.1, 0.15) is 5.82 Å². The molecule has 78 valence electrons. The summed E-state index contributed by atoms with van der Waals surface area (Å²) in [6.07, 6.45) is 0.926. The quantitative estimate of drug-likeness (QED) is 0.765. The third-order valence-electron chi connectivity index (χ3n) is 2.60. The molecule has 1 rings (SSSR count). The van der Waals surface area contributed by atoms with Gasteiger partial charge in [0.2, 0.25) is 0 Å². The highest BCUT2D eigenvalue weighted by Crippen LogP contribution is 2.25. The monoisotopic (exact) mass is 198 g/mol. The maximum atomic E-state index is 11.2. The number of carbonyl (C=O) groups is 1. The summed E-state index contributed by atoms with van der Waals surface area (Å²) in [5.74, 6) is -0.367. The molecule has 0 aliphatic carbocycles. The fraction of sp³-hybridized carbons (Fsp3) is 0.750. The number of nitrogens with zero attached hydrogens (tertiary/aromatic N) is 4. The van der Waals surface area contributed by atoms with E-state index in [2.05, 4.69) is 15.5 Å². The lowest BCUT2D eigenvalue weighted by atomic mass is 9.93. The highest BCUT2D eigenvalue weighted by atomic mass is 16.4. The van der Waals surface area contributed by atoms with E-state index in [0.717, 1.165) is 0 Å². The Bertz CT molecular complexity index is 330. The number of hydrogen-bond donors (Lipinski definition) is 1. The second-order valence-electron chi connectivity index (χ2n) is 3.18. The van der Waals surface area contributed by atoms with Crippen molar-refractivity contribution < 1.29 is 9.90 Å². The van der Waals surface area contributed by atoms with Crippen LogP contribution in [0.3, 0.4) is 0 Å². The average Bonchev–Trinajstić information content (AvgIpc) is 2.55. The highest BCUT2D eigenvalue weighted by Gasteiger charge is 2.39. The van der Waals surface area contributed by atoms with E-state index in [1.165, 1.54) is 4.68 Å². The molecule has 0 saturated carbocycles. The van der Waals surface area contributed by atoms with Gasteiger partial charge in [0.15, 0.2) is 5.54 Å². The van der Waals surface area contributed by atoms with Crippen molar-refractivity contribution in [1.82, 2.24) is 20.2 Å². The number of carboxylic acids is 1. The lowest BCUT2D eigenvalue weighted by Crippen LogP contribution is -2.42. The van der Waals surface area contributed by atoms with Crippen LogP contribution in [0.2, 0.25) is 0 Å². The zero-order valence-electron chi connectivity index (χ0n) is 8.56. The van der Waals surface area contributed by atoms with Gasteiger partial charge in [-0.3, -0.25) is 0 Å². The van der Waals surface area contributed by atoms with Gasteiger partial charge in [-0.05, 0) is 30.2 Å². The van der Waals surface area contributed by atoms with E-state index in [1.807, 2.05) is 13.8 Å². The number of aryl methyl sites for hydroxylation is 1. The van der Waals surface area contributed by atoms with Gasteiger partial charge in [0.25, 0.3) is 0 Å². The van der Waals surface area contributed by atoms with Crippen LogP contribution in [0.1, 0.15) is 32.5 Å². The zero-order valence-corrected chi connectivity index (χ0v) is 8.56. The summed E-state index contributed by atoms with van der Waals surface area (Å²) < 4.78 is 1.38. The van der Waals surface area contributed by atoms with Crippen molar-refractivity contribution in [2.24, 2.45) is 0 Å². The molecule has 1 heterocycles. The van der Waals surface area contributed by atoms with Crippen LogP contribution in [-0.2, 0) is 10.3 Å². The first-order valence-corrected chi connectivity index (χ1v) is 4.57. The Labute approximate surface area is 81.9 Å². The van der Waals surface area contributed by atoms with Crippen LogP contribution in [-0.4, -0.2) is 31.3 Å². The van der Waals surface area contributed by atoms with Crippen LogP contribution < -0.4 is 0 Å². The molecule has 0 aromatic carbocycles. The molecule has 6 nitrogen and oxygen atoms in total. The Morgan fingerprint density at radius 3 is 2.36 bits per heavy atom. The van der Waals surface area contributed by atoms with Crippen molar-refractivity contribution in [3.8, 4) is 0 Å². The fourth-order valence-corrected chi connectivity index (χ4v) is 1.57. The molecular formula is C8H14N4O2. The second-order valence-corrected chi connectivity index (χ2v) is 3.18. The van der Waals surface area contributed by atoms with E-state index >= 15 is 0 Å². The minimum absolute atomic E-state index is 0.463. The first-order valence-electron chi connectivity index (χ1n) is 4.57. The maximum Gasteiger partial charge on any atom is 0.331 e. The number of aromatic nitrogens is 4. The van der Waals surface area contributed by atoms with Crippen molar-refractivity contribution in [1.29, 1.82) is 0 Å². The molecule has 0 bridgehead atoms. The van der Waals surface area contributed by atoms with Gasteiger partial charge >= 0.3 is 5.97 Å². The summed E-state index contributed by atoms with van der Waals surface area (Å²) in [6, 6.07) is 0. The Kier molecular flexibility index (Phi) is 2.83. The normalized spacial score (nSPS) is 11.6. The number of rotatable bonds is 4. The molecular weight excluding hydrogens is 184 g/mol. The van der Waals surface area contributed by atoms with Crippen LogP contribution in [0.4, 0.5) is 0 Å². The first-order chi connectivity index (χ1) is 6.58. The van der Waals surface area contributed by atoms with Crippen molar-refractivity contribution in [3.05, 3.63) is 5.82 Å². The predicted molar refractivity (Wildman–Crippen MR) is 48.7 cm³/mol. The lowest BCUT2D eigenvalue weighted by molar-refractivity contribution is -0.148. The molecule has 1 aromatic rings. The standard InChI is InChI=1S/C8H14N4O2/c1-4-8(5-2,7(13)14)12-6(3)9-10-11-12/h4-5H2,1-3H3,(H,13,14). The Balaban J connectivity index is 3.24. The smallest absolute Gasteiger partial charge is 0.331 e. The third-order valence-corrected chi connectivity index (χ3v) is 2.60. The van der Waals surface area contributed by atoms with Crippen molar-refractivity contribution in [2.75, 3.05) is 0 Å². The van der Waals surface area contributed by atoms with E-state index in [1.54, 1.807) is 6.92 Å². The predicted octanol–water partition coefficient (Wildman–Crippen LogP) is 0.581.